The number of ether oxygens (including phenoxy) is 1. The lowest BCUT2D eigenvalue weighted by atomic mass is 10.1. The SMILES string of the molecule is Cc1cc([C@@H](C)O)ccc1OCc1c(C)nn(C)c1Cl. The van der Waals surface area contributed by atoms with Crippen LogP contribution in [0.3, 0.4) is 0 Å². The van der Waals surface area contributed by atoms with Crippen molar-refractivity contribution in [3.8, 4) is 5.75 Å². The minimum Gasteiger partial charge on any atom is -0.488 e. The average Bonchev–Trinajstić information content (AvgIpc) is 2.62. The van der Waals surface area contributed by atoms with Crippen molar-refractivity contribution in [2.24, 2.45) is 7.05 Å². The topological polar surface area (TPSA) is 47.3 Å². The van der Waals surface area contributed by atoms with Crippen LogP contribution in [0.25, 0.3) is 0 Å². The zero-order chi connectivity index (χ0) is 14.9. The monoisotopic (exact) mass is 294 g/mol. The highest BCUT2D eigenvalue weighted by Crippen LogP contribution is 2.25. The molecule has 0 fully saturated rings. The predicted molar refractivity (Wildman–Crippen MR) is 79.1 cm³/mol. The Morgan fingerprint density at radius 2 is 2.10 bits per heavy atom. The molecular formula is C15H19ClN2O2. The third-order valence-corrected chi connectivity index (χ3v) is 3.80. The van der Waals surface area contributed by atoms with E-state index in [2.05, 4.69) is 5.10 Å². The Morgan fingerprint density at radius 3 is 2.60 bits per heavy atom. The van der Waals surface area contributed by atoms with E-state index in [0.29, 0.717) is 11.8 Å². The first kappa shape index (κ1) is 14.9. The molecule has 2 rings (SSSR count). The number of hydrogen-bond donors (Lipinski definition) is 1. The first-order chi connectivity index (χ1) is 9.40. The quantitative estimate of drug-likeness (QED) is 0.941. The number of halogens is 1. The highest BCUT2D eigenvalue weighted by Gasteiger charge is 2.12. The maximum atomic E-state index is 9.55. The van der Waals surface area contributed by atoms with E-state index < -0.39 is 6.10 Å². The molecular weight excluding hydrogens is 276 g/mol. The summed E-state index contributed by atoms with van der Waals surface area (Å²) in [5, 5.41) is 14.4. The molecule has 4 nitrogen and oxygen atoms in total. The zero-order valence-corrected chi connectivity index (χ0v) is 12.9. The highest BCUT2D eigenvalue weighted by molar-refractivity contribution is 6.30. The van der Waals surface area contributed by atoms with Gasteiger partial charge in [0.2, 0.25) is 0 Å². The molecule has 0 saturated carbocycles. The van der Waals surface area contributed by atoms with Gasteiger partial charge in [0.1, 0.15) is 17.5 Å². The molecule has 0 aliphatic rings. The van der Waals surface area contributed by atoms with Crippen LogP contribution >= 0.6 is 11.6 Å². The van der Waals surface area contributed by atoms with E-state index in [-0.39, 0.29) is 0 Å². The smallest absolute Gasteiger partial charge is 0.133 e. The Hall–Kier alpha value is -1.52. The van der Waals surface area contributed by atoms with Crippen molar-refractivity contribution >= 4 is 11.6 Å². The molecule has 0 radical (unpaired) electrons. The normalized spacial score (nSPS) is 12.5. The molecule has 0 spiro atoms. The Labute approximate surface area is 123 Å². The number of benzene rings is 1. The van der Waals surface area contributed by atoms with Gasteiger partial charge >= 0.3 is 0 Å². The minimum absolute atomic E-state index is 0.382. The van der Waals surface area contributed by atoms with Crippen LogP contribution in [-0.2, 0) is 13.7 Å². The summed E-state index contributed by atoms with van der Waals surface area (Å²) >= 11 is 6.17. The molecule has 1 N–H and O–H groups in total. The van der Waals surface area contributed by atoms with Gasteiger partial charge in [-0.2, -0.15) is 5.10 Å². The number of hydrogen-bond acceptors (Lipinski definition) is 3. The van der Waals surface area contributed by atoms with Crippen molar-refractivity contribution in [3.63, 3.8) is 0 Å². The van der Waals surface area contributed by atoms with Crippen LogP contribution in [0, 0.1) is 13.8 Å². The van der Waals surface area contributed by atoms with Gasteiger partial charge in [0.25, 0.3) is 0 Å². The van der Waals surface area contributed by atoms with Crippen molar-refractivity contribution in [2.45, 2.75) is 33.5 Å². The van der Waals surface area contributed by atoms with E-state index in [1.165, 1.54) is 0 Å². The van der Waals surface area contributed by atoms with Crippen LogP contribution in [0.15, 0.2) is 18.2 Å². The largest absolute Gasteiger partial charge is 0.488 e. The van der Waals surface area contributed by atoms with Crippen LogP contribution < -0.4 is 4.74 Å². The lowest BCUT2D eigenvalue weighted by Crippen LogP contribution is -2.00. The highest BCUT2D eigenvalue weighted by atomic mass is 35.5. The summed E-state index contributed by atoms with van der Waals surface area (Å²) in [6.45, 7) is 5.99. The van der Waals surface area contributed by atoms with Crippen molar-refractivity contribution < 1.29 is 9.84 Å². The van der Waals surface area contributed by atoms with E-state index in [4.69, 9.17) is 16.3 Å². The predicted octanol–water partition coefficient (Wildman–Crippen LogP) is 3.32. The summed E-state index contributed by atoms with van der Waals surface area (Å²) in [5.41, 5.74) is 3.63. The summed E-state index contributed by atoms with van der Waals surface area (Å²) < 4.78 is 7.45. The summed E-state index contributed by atoms with van der Waals surface area (Å²) in [4.78, 5) is 0. The van der Waals surface area contributed by atoms with Crippen LogP contribution in [0.5, 0.6) is 5.75 Å². The second-order valence-electron chi connectivity index (χ2n) is 4.97. The molecule has 0 aliphatic heterocycles. The number of rotatable bonds is 4. The molecule has 1 aromatic heterocycles. The fourth-order valence-corrected chi connectivity index (χ4v) is 2.31. The molecule has 0 amide bonds. The molecule has 2 aromatic rings. The Bertz CT molecular complexity index is 621. The lowest BCUT2D eigenvalue weighted by molar-refractivity contribution is 0.199. The van der Waals surface area contributed by atoms with Gasteiger partial charge < -0.3 is 9.84 Å². The van der Waals surface area contributed by atoms with E-state index in [0.717, 1.165) is 28.1 Å². The number of aliphatic hydroxyl groups is 1. The summed E-state index contributed by atoms with van der Waals surface area (Å²) in [6.07, 6.45) is -0.474. The van der Waals surface area contributed by atoms with Crippen LogP contribution in [0.4, 0.5) is 0 Å². The molecule has 0 aliphatic carbocycles. The summed E-state index contributed by atoms with van der Waals surface area (Å²) in [7, 11) is 1.81. The van der Waals surface area contributed by atoms with Crippen molar-refractivity contribution in [1.29, 1.82) is 0 Å². The van der Waals surface area contributed by atoms with Gasteiger partial charge in [0, 0.05) is 12.6 Å². The maximum absolute atomic E-state index is 9.55. The van der Waals surface area contributed by atoms with Gasteiger partial charge in [-0.25, -0.2) is 0 Å². The average molecular weight is 295 g/mol. The van der Waals surface area contributed by atoms with Gasteiger partial charge in [-0.1, -0.05) is 17.7 Å². The van der Waals surface area contributed by atoms with Gasteiger partial charge in [0.05, 0.1) is 11.8 Å². The first-order valence-corrected chi connectivity index (χ1v) is 6.87. The molecule has 1 aromatic carbocycles. The Balaban J connectivity index is 2.15. The fourth-order valence-electron chi connectivity index (χ4n) is 2.08. The number of aryl methyl sites for hydroxylation is 3. The van der Waals surface area contributed by atoms with E-state index >= 15 is 0 Å². The molecule has 108 valence electrons. The van der Waals surface area contributed by atoms with Gasteiger partial charge in [-0.05, 0) is 44.0 Å². The van der Waals surface area contributed by atoms with E-state index in [9.17, 15) is 5.11 Å². The van der Waals surface area contributed by atoms with Gasteiger partial charge in [0.15, 0.2) is 0 Å². The summed E-state index contributed by atoms with van der Waals surface area (Å²) in [6, 6.07) is 5.67. The molecule has 1 atom stereocenters. The van der Waals surface area contributed by atoms with Crippen molar-refractivity contribution in [3.05, 3.63) is 45.7 Å². The molecule has 1 heterocycles. The second-order valence-corrected chi connectivity index (χ2v) is 5.33. The Kier molecular flexibility index (Phi) is 4.35. The van der Waals surface area contributed by atoms with Crippen LogP contribution in [0.1, 0.15) is 35.4 Å². The molecule has 0 saturated heterocycles. The summed E-state index contributed by atoms with van der Waals surface area (Å²) in [5.74, 6) is 0.786. The third kappa shape index (κ3) is 2.97. The van der Waals surface area contributed by atoms with Gasteiger partial charge in [-0.15, -0.1) is 0 Å². The minimum atomic E-state index is -0.474. The number of aromatic nitrogens is 2. The number of aliphatic hydroxyl groups excluding tert-OH is 1. The first-order valence-electron chi connectivity index (χ1n) is 6.49. The lowest BCUT2D eigenvalue weighted by Gasteiger charge is -2.12. The second kappa shape index (κ2) is 5.85. The maximum Gasteiger partial charge on any atom is 0.133 e. The van der Waals surface area contributed by atoms with Gasteiger partial charge in [-0.3, -0.25) is 4.68 Å². The van der Waals surface area contributed by atoms with E-state index in [1.807, 2.05) is 39.1 Å². The van der Waals surface area contributed by atoms with Crippen molar-refractivity contribution in [2.75, 3.05) is 0 Å². The van der Waals surface area contributed by atoms with E-state index in [1.54, 1.807) is 11.6 Å². The fraction of sp³-hybridized carbons (Fsp3) is 0.400. The molecule has 0 unspecified atom stereocenters. The molecule has 5 heteroatoms. The number of nitrogens with zero attached hydrogens (tertiary/aromatic N) is 2. The zero-order valence-electron chi connectivity index (χ0n) is 12.1. The molecule has 20 heavy (non-hydrogen) atoms. The third-order valence-electron chi connectivity index (χ3n) is 3.32. The van der Waals surface area contributed by atoms with Crippen LogP contribution in [-0.4, -0.2) is 14.9 Å². The molecule has 0 bridgehead atoms. The standard InChI is InChI=1S/C15H19ClN2O2/c1-9-7-12(11(3)19)5-6-14(9)20-8-13-10(2)17-18(4)15(13)16/h5-7,11,19H,8H2,1-4H3/t11-/m1/s1. The Morgan fingerprint density at radius 1 is 1.40 bits per heavy atom. The van der Waals surface area contributed by atoms with Crippen molar-refractivity contribution in [1.82, 2.24) is 9.78 Å². The van der Waals surface area contributed by atoms with Crippen LogP contribution in [0.2, 0.25) is 5.15 Å².